The first-order valence-corrected chi connectivity index (χ1v) is 9.24. The third kappa shape index (κ3) is 4.13. The molecule has 0 saturated heterocycles. The third-order valence-corrected chi connectivity index (χ3v) is 5.20. The number of anilines is 1. The second-order valence-electron chi connectivity index (χ2n) is 5.88. The largest absolute Gasteiger partial charge is 0.438 e. The molecule has 0 atom stereocenters. The number of nitriles is 1. The number of amides is 1. The van der Waals surface area contributed by atoms with Gasteiger partial charge in [-0.05, 0) is 56.2 Å². The summed E-state index contributed by atoms with van der Waals surface area (Å²) in [7, 11) is 0. The van der Waals surface area contributed by atoms with E-state index in [0.717, 1.165) is 22.7 Å². The van der Waals surface area contributed by atoms with Gasteiger partial charge < -0.3 is 10.1 Å². The minimum Gasteiger partial charge on any atom is -0.438 e. The first-order chi connectivity index (χ1) is 13.0. The molecule has 0 fully saturated rings. The van der Waals surface area contributed by atoms with Gasteiger partial charge in [-0.2, -0.15) is 5.26 Å². The Morgan fingerprint density at radius 1 is 1.33 bits per heavy atom. The fourth-order valence-electron chi connectivity index (χ4n) is 2.50. The van der Waals surface area contributed by atoms with Crippen molar-refractivity contribution in [3.63, 3.8) is 0 Å². The summed E-state index contributed by atoms with van der Waals surface area (Å²) in [6.45, 7) is 5.74. The van der Waals surface area contributed by atoms with Crippen LogP contribution in [0.3, 0.4) is 0 Å². The van der Waals surface area contributed by atoms with Gasteiger partial charge in [0.15, 0.2) is 0 Å². The smallest absolute Gasteiger partial charge is 0.267 e. The second kappa shape index (κ2) is 7.98. The Morgan fingerprint density at radius 3 is 2.81 bits per heavy atom. The lowest BCUT2D eigenvalue weighted by Gasteiger charge is -2.11. The normalized spacial score (nSPS) is 10.3. The van der Waals surface area contributed by atoms with Crippen molar-refractivity contribution < 1.29 is 9.53 Å². The minimum atomic E-state index is -0.169. The van der Waals surface area contributed by atoms with Gasteiger partial charge in [0.05, 0.1) is 10.7 Å². The molecule has 0 saturated carbocycles. The van der Waals surface area contributed by atoms with Gasteiger partial charge in [-0.3, -0.25) is 4.79 Å². The number of aryl methyl sites for hydroxylation is 3. The van der Waals surface area contributed by atoms with E-state index >= 15 is 0 Å². The molecule has 0 aliphatic rings. The maximum absolute atomic E-state index is 12.6. The lowest BCUT2D eigenvalue weighted by Crippen LogP contribution is -2.12. The number of carbonyl (C=O) groups is 1. The summed E-state index contributed by atoms with van der Waals surface area (Å²) >= 11 is 1.42. The zero-order chi connectivity index (χ0) is 19.4. The second-order valence-corrected chi connectivity index (χ2v) is 6.96. The van der Waals surface area contributed by atoms with Crippen molar-refractivity contribution in [1.29, 1.82) is 5.26 Å². The van der Waals surface area contributed by atoms with Crippen molar-refractivity contribution >= 4 is 22.9 Å². The van der Waals surface area contributed by atoms with E-state index in [-0.39, 0.29) is 11.8 Å². The van der Waals surface area contributed by atoms with E-state index in [1.807, 2.05) is 26.8 Å². The molecule has 0 bridgehead atoms. The Hall–Kier alpha value is -3.24. The SMILES string of the molecule is CCc1nc(C)c(C(=O)Nc2ccc(Oc3ncccc3C#N)cc2C)s1. The number of thiazole rings is 1. The average Bonchev–Trinajstić information content (AvgIpc) is 3.05. The number of hydrogen-bond donors (Lipinski definition) is 1. The molecule has 27 heavy (non-hydrogen) atoms. The number of aromatic nitrogens is 2. The predicted molar refractivity (Wildman–Crippen MR) is 104 cm³/mol. The van der Waals surface area contributed by atoms with Gasteiger partial charge in [-0.25, -0.2) is 9.97 Å². The van der Waals surface area contributed by atoms with Crippen LogP contribution in [0.4, 0.5) is 5.69 Å². The fourth-order valence-corrected chi connectivity index (χ4v) is 3.40. The van der Waals surface area contributed by atoms with Crippen LogP contribution in [-0.2, 0) is 6.42 Å². The highest BCUT2D eigenvalue weighted by molar-refractivity contribution is 7.13. The highest BCUT2D eigenvalue weighted by Gasteiger charge is 2.16. The average molecular weight is 378 g/mol. The van der Waals surface area contributed by atoms with E-state index < -0.39 is 0 Å². The Morgan fingerprint density at radius 2 is 2.15 bits per heavy atom. The van der Waals surface area contributed by atoms with Gasteiger partial charge in [0, 0.05) is 11.9 Å². The summed E-state index contributed by atoms with van der Waals surface area (Å²) in [6.07, 6.45) is 2.38. The molecule has 136 valence electrons. The standard InChI is InChI=1S/C20H18N4O2S/c1-4-17-23-13(3)18(27-17)19(25)24-16-8-7-15(10-12(16)2)26-20-14(11-21)6-5-9-22-20/h5-10H,4H2,1-3H3,(H,24,25). The number of hydrogen-bond acceptors (Lipinski definition) is 6. The molecular weight excluding hydrogens is 360 g/mol. The van der Waals surface area contributed by atoms with Crippen molar-refractivity contribution in [1.82, 2.24) is 9.97 Å². The van der Waals surface area contributed by atoms with Crippen molar-refractivity contribution in [3.05, 3.63) is 63.2 Å². The summed E-state index contributed by atoms with van der Waals surface area (Å²) in [5, 5.41) is 13.0. The molecule has 0 aliphatic heterocycles. The number of benzene rings is 1. The summed E-state index contributed by atoms with van der Waals surface area (Å²) in [5.74, 6) is 0.629. The number of carbonyl (C=O) groups excluding carboxylic acids is 1. The molecule has 0 spiro atoms. The summed E-state index contributed by atoms with van der Waals surface area (Å²) in [6, 6.07) is 10.7. The highest BCUT2D eigenvalue weighted by atomic mass is 32.1. The van der Waals surface area contributed by atoms with Gasteiger partial charge in [0.1, 0.15) is 22.3 Å². The van der Waals surface area contributed by atoms with Crippen LogP contribution in [-0.4, -0.2) is 15.9 Å². The monoisotopic (exact) mass is 378 g/mol. The van der Waals surface area contributed by atoms with Crippen LogP contribution >= 0.6 is 11.3 Å². The first kappa shape index (κ1) is 18.5. The number of nitrogens with one attached hydrogen (secondary N) is 1. The molecule has 0 radical (unpaired) electrons. The van der Waals surface area contributed by atoms with E-state index in [1.54, 1.807) is 36.5 Å². The molecule has 2 heterocycles. The number of pyridine rings is 1. The Bertz CT molecular complexity index is 1040. The van der Waals surface area contributed by atoms with Gasteiger partial charge >= 0.3 is 0 Å². The summed E-state index contributed by atoms with van der Waals surface area (Å²) in [5.41, 5.74) is 2.64. The van der Waals surface area contributed by atoms with Gasteiger partial charge in [-0.1, -0.05) is 6.92 Å². The molecular formula is C20H18N4O2S. The van der Waals surface area contributed by atoms with Crippen LogP contribution in [0.2, 0.25) is 0 Å². The molecule has 1 amide bonds. The molecule has 0 unspecified atom stereocenters. The van der Waals surface area contributed by atoms with Crippen molar-refractivity contribution in [2.45, 2.75) is 27.2 Å². The van der Waals surface area contributed by atoms with E-state index in [2.05, 4.69) is 15.3 Å². The third-order valence-electron chi connectivity index (χ3n) is 3.90. The quantitative estimate of drug-likeness (QED) is 0.699. The van der Waals surface area contributed by atoms with Gasteiger partial charge in [-0.15, -0.1) is 11.3 Å². The Balaban J connectivity index is 1.78. The predicted octanol–water partition coefficient (Wildman–Crippen LogP) is 4.63. The molecule has 3 aromatic rings. The van der Waals surface area contributed by atoms with E-state index in [4.69, 9.17) is 10.00 Å². The van der Waals surface area contributed by atoms with Gasteiger partial charge in [0.2, 0.25) is 5.88 Å². The molecule has 1 N–H and O–H groups in total. The van der Waals surface area contributed by atoms with Crippen LogP contribution in [0, 0.1) is 25.2 Å². The molecule has 7 heteroatoms. The lowest BCUT2D eigenvalue weighted by molar-refractivity contribution is 0.102. The number of rotatable bonds is 5. The van der Waals surface area contributed by atoms with Crippen LogP contribution in [0.5, 0.6) is 11.6 Å². The van der Waals surface area contributed by atoms with Crippen LogP contribution in [0.15, 0.2) is 36.5 Å². The van der Waals surface area contributed by atoms with E-state index in [9.17, 15) is 4.79 Å². The molecule has 6 nitrogen and oxygen atoms in total. The van der Waals surface area contributed by atoms with Crippen molar-refractivity contribution in [2.24, 2.45) is 0 Å². The maximum atomic E-state index is 12.6. The summed E-state index contributed by atoms with van der Waals surface area (Å²) in [4.78, 5) is 21.7. The van der Waals surface area contributed by atoms with Crippen LogP contribution in [0.25, 0.3) is 0 Å². The first-order valence-electron chi connectivity index (χ1n) is 8.43. The van der Waals surface area contributed by atoms with E-state index in [0.29, 0.717) is 21.9 Å². The zero-order valence-electron chi connectivity index (χ0n) is 15.2. The van der Waals surface area contributed by atoms with Crippen LogP contribution < -0.4 is 10.1 Å². The minimum absolute atomic E-state index is 0.169. The van der Waals surface area contributed by atoms with Crippen LogP contribution in [0.1, 0.15) is 38.4 Å². The topological polar surface area (TPSA) is 87.9 Å². The lowest BCUT2D eigenvalue weighted by atomic mass is 10.2. The molecule has 0 aliphatic carbocycles. The van der Waals surface area contributed by atoms with Crippen molar-refractivity contribution in [2.75, 3.05) is 5.32 Å². The van der Waals surface area contributed by atoms with E-state index in [1.165, 1.54) is 11.3 Å². The van der Waals surface area contributed by atoms with Crippen molar-refractivity contribution in [3.8, 4) is 17.7 Å². The highest BCUT2D eigenvalue weighted by Crippen LogP contribution is 2.27. The molecule has 2 aromatic heterocycles. The number of ether oxygens (including phenoxy) is 1. The van der Waals surface area contributed by atoms with Gasteiger partial charge in [0.25, 0.3) is 5.91 Å². The molecule has 1 aromatic carbocycles. The maximum Gasteiger partial charge on any atom is 0.267 e. The fraction of sp³-hybridized carbons (Fsp3) is 0.200. The summed E-state index contributed by atoms with van der Waals surface area (Å²) < 4.78 is 5.71. The zero-order valence-corrected chi connectivity index (χ0v) is 16.1. The Kier molecular flexibility index (Phi) is 5.48. The molecule has 3 rings (SSSR count). The number of nitrogens with zero attached hydrogens (tertiary/aromatic N) is 3. The Labute approximate surface area is 161 Å².